The number of halogens is 3. The number of nitrogens with one attached hydrogen (secondary N) is 1. The highest BCUT2D eigenvalue weighted by atomic mass is 32.2. The summed E-state index contributed by atoms with van der Waals surface area (Å²) >= 11 is 0. The largest absolute Gasteiger partial charge is 0.493 e. The van der Waals surface area contributed by atoms with Gasteiger partial charge in [-0.15, -0.1) is 0 Å². The molecule has 0 aromatic heterocycles. The monoisotopic (exact) mass is 472 g/mol. The van der Waals surface area contributed by atoms with Crippen LogP contribution >= 0.6 is 0 Å². The first kappa shape index (κ1) is 22.6. The van der Waals surface area contributed by atoms with E-state index in [2.05, 4.69) is 24.6 Å². The lowest BCUT2D eigenvalue weighted by Gasteiger charge is -2.33. The van der Waals surface area contributed by atoms with Crippen molar-refractivity contribution in [2.75, 3.05) is 26.3 Å². The van der Waals surface area contributed by atoms with Crippen LogP contribution in [0, 0.1) is 17.3 Å². The summed E-state index contributed by atoms with van der Waals surface area (Å²) in [5, 5.41) is 0. The molecule has 176 valence electrons. The maximum absolute atomic E-state index is 13.0. The number of benzene rings is 1. The zero-order chi connectivity index (χ0) is 22.9. The quantitative estimate of drug-likeness (QED) is 0.670. The van der Waals surface area contributed by atoms with Crippen LogP contribution in [0.15, 0.2) is 18.2 Å². The summed E-state index contributed by atoms with van der Waals surface area (Å²) in [5.41, 5.74) is 2.28. The summed E-state index contributed by atoms with van der Waals surface area (Å²) in [6.45, 7) is 3.78. The van der Waals surface area contributed by atoms with Gasteiger partial charge in [0.2, 0.25) is 0 Å². The molecule has 32 heavy (non-hydrogen) atoms. The molecule has 1 N–H and O–H groups in total. The highest BCUT2D eigenvalue weighted by Gasteiger charge is 2.60. The molecule has 3 fully saturated rings. The Labute approximate surface area is 187 Å². The SMILES string of the molecule is CC1(C)COB(c2ccc3c(c2)C[C@H]2CC[C@@H](C3)[C@]23CN(CC(F)(F)F)S(=O)(=O)N3)OC1. The molecular weight excluding hydrogens is 444 g/mol. The Bertz CT molecular complexity index is 1010. The zero-order valence-corrected chi connectivity index (χ0v) is 19.1. The van der Waals surface area contributed by atoms with Crippen molar-refractivity contribution in [1.82, 2.24) is 9.03 Å². The number of hydrogen-bond donors (Lipinski definition) is 1. The van der Waals surface area contributed by atoms with Crippen LogP contribution in [0.3, 0.4) is 0 Å². The Morgan fingerprint density at radius 2 is 1.75 bits per heavy atom. The van der Waals surface area contributed by atoms with Gasteiger partial charge in [-0.3, -0.25) is 0 Å². The van der Waals surface area contributed by atoms with Gasteiger partial charge in [-0.1, -0.05) is 32.0 Å². The minimum atomic E-state index is -4.57. The summed E-state index contributed by atoms with van der Waals surface area (Å²) < 4.78 is 79.4. The second-order valence-electron chi connectivity index (χ2n) is 10.6. The molecule has 0 radical (unpaired) electrons. The molecule has 1 spiro atoms. The van der Waals surface area contributed by atoms with Crippen molar-refractivity contribution < 1.29 is 30.9 Å². The standard InChI is InChI=1S/C21H28BF3N2O4S/c1-19(2)12-30-22(31-13-19)18-6-3-14-7-16-4-5-17(8-15(14)9-18)20(16)10-27(11-21(23,24)25)32(28,29)26-20/h3,6,9,16-17,26H,4-5,7-8,10-13H2,1-2H3/t16-,17+,20+/m0/s1. The molecule has 4 aliphatic rings. The number of fused-ring (bicyclic) bond motifs is 1. The fourth-order valence-electron chi connectivity index (χ4n) is 5.90. The van der Waals surface area contributed by atoms with Crippen molar-refractivity contribution in [2.45, 2.75) is 51.2 Å². The van der Waals surface area contributed by atoms with Crippen LogP contribution in [-0.2, 0) is 32.4 Å². The first-order valence-electron chi connectivity index (χ1n) is 11.1. The lowest BCUT2D eigenvalue weighted by Crippen LogP contribution is -2.52. The minimum absolute atomic E-state index is 0.0319. The molecule has 3 atom stereocenters. The van der Waals surface area contributed by atoms with Crippen molar-refractivity contribution >= 4 is 22.8 Å². The lowest BCUT2D eigenvalue weighted by atomic mass is 9.74. The van der Waals surface area contributed by atoms with Crippen LogP contribution < -0.4 is 10.2 Å². The van der Waals surface area contributed by atoms with E-state index in [-0.39, 0.29) is 23.8 Å². The van der Waals surface area contributed by atoms with E-state index in [0.717, 1.165) is 29.4 Å². The maximum Gasteiger partial charge on any atom is 0.493 e. The summed E-state index contributed by atoms with van der Waals surface area (Å²) in [6, 6.07) is 6.11. The smallest absolute Gasteiger partial charge is 0.407 e. The first-order chi connectivity index (χ1) is 14.9. The van der Waals surface area contributed by atoms with E-state index in [1.807, 2.05) is 12.1 Å². The number of hydrogen-bond acceptors (Lipinski definition) is 4. The van der Waals surface area contributed by atoms with Crippen LogP contribution in [0.4, 0.5) is 13.2 Å². The van der Waals surface area contributed by atoms with Gasteiger partial charge < -0.3 is 9.31 Å². The predicted octanol–water partition coefficient (Wildman–Crippen LogP) is 2.03. The molecule has 2 bridgehead atoms. The summed E-state index contributed by atoms with van der Waals surface area (Å²) in [5.74, 6) is -0.0836. The van der Waals surface area contributed by atoms with Crippen molar-refractivity contribution in [2.24, 2.45) is 17.3 Å². The van der Waals surface area contributed by atoms with Gasteiger partial charge in [0.1, 0.15) is 6.54 Å². The molecule has 6 nitrogen and oxygen atoms in total. The van der Waals surface area contributed by atoms with Crippen molar-refractivity contribution in [3.63, 3.8) is 0 Å². The lowest BCUT2D eigenvalue weighted by molar-refractivity contribution is -0.136. The fraction of sp³-hybridized carbons (Fsp3) is 0.714. The molecule has 11 heteroatoms. The molecule has 5 rings (SSSR count). The second-order valence-corrected chi connectivity index (χ2v) is 12.2. The van der Waals surface area contributed by atoms with Gasteiger partial charge in [-0.05, 0) is 54.1 Å². The Morgan fingerprint density at radius 1 is 1.12 bits per heavy atom. The molecule has 1 saturated carbocycles. The van der Waals surface area contributed by atoms with Gasteiger partial charge in [-0.2, -0.15) is 30.6 Å². The van der Waals surface area contributed by atoms with Crippen LogP contribution in [0.25, 0.3) is 0 Å². The summed E-state index contributed by atoms with van der Waals surface area (Å²) in [7, 11) is -4.61. The van der Waals surface area contributed by atoms with Crippen LogP contribution in [0.5, 0.6) is 0 Å². The highest BCUT2D eigenvalue weighted by Crippen LogP contribution is 2.50. The van der Waals surface area contributed by atoms with Gasteiger partial charge in [0.25, 0.3) is 10.2 Å². The van der Waals surface area contributed by atoms with Gasteiger partial charge >= 0.3 is 13.3 Å². The third-order valence-corrected chi connectivity index (χ3v) is 9.04. The van der Waals surface area contributed by atoms with Crippen LogP contribution in [-0.4, -0.2) is 57.9 Å². The van der Waals surface area contributed by atoms with Crippen LogP contribution in [0.1, 0.15) is 37.8 Å². The average Bonchev–Trinajstić information content (AvgIpc) is 3.05. The fourth-order valence-corrected chi connectivity index (χ4v) is 7.60. The molecule has 2 aliphatic heterocycles. The summed E-state index contributed by atoms with van der Waals surface area (Å²) in [6.07, 6.45) is -1.70. The van der Waals surface area contributed by atoms with E-state index in [1.165, 1.54) is 0 Å². The van der Waals surface area contributed by atoms with E-state index in [0.29, 0.717) is 30.4 Å². The Kier molecular flexibility index (Phi) is 5.26. The highest BCUT2D eigenvalue weighted by molar-refractivity contribution is 7.87. The molecule has 0 amide bonds. The summed E-state index contributed by atoms with van der Waals surface area (Å²) in [4.78, 5) is 0. The van der Waals surface area contributed by atoms with Crippen molar-refractivity contribution in [1.29, 1.82) is 0 Å². The van der Waals surface area contributed by atoms with E-state index in [9.17, 15) is 21.6 Å². The first-order valence-corrected chi connectivity index (χ1v) is 12.5. The Balaban J connectivity index is 1.40. The Hall–Kier alpha value is -1.14. The van der Waals surface area contributed by atoms with E-state index >= 15 is 0 Å². The maximum atomic E-state index is 13.0. The minimum Gasteiger partial charge on any atom is -0.407 e. The molecular formula is C21H28BF3N2O4S. The molecule has 2 aliphatic carbocycles. The molecule has 1 aromatic rings. The van der Waals surface area contributed by atoms with Crippen molar-refractivity contribution in [3.05, 3.63) is 29.3 Å². The van der Waals surface area contributed by atoms with E-state index in [4.69, 9.17) is 9.31 Å². The molecule has 2 heterocycles. The number of rotatable bonds is 2. The third-order valence-electron chi connectivity index (χ3n) is 7.46. The normalized spacial score (nSPS) is 34.0. The topological polar surface area (TPSA) is 67.9 Å². The van der Waals surface area contributed by atoms with Gasteiger partial charge in [0.15, 0.2) is 0 Å². The Morgan fingerprint density at radius 3 is 2.38 bits per heavy atom. The van der Waals surface area contributed by atoms with E-state index in [1.54, 1.807) is 0 Å². The zero-order valence-electron chi connectivity index (χ0n) is 18.2. The van der Waals surface area contributed by atoms with Crippen molar-refractivity contribution in [3.8, 4) is 0 Å². The van der Waals surface area contributed by atoms with Gasteiger partial charge in [0.05, 0.1) is 5.54 Å². The predicted molar refractivity (Wildman–Crippen MR) is 114 cm³/mol. The van der Waals surface area contributed by atoms with Gasteiger partial charge in [0, 0.05) is 25.2 Å². The second kappa shape index (κ2) is 7.43. The molecule has 0 unspecified atom stereocenters. The third kappa shape index (κ3) is 4.00. The van der Waals surface area contributed by atoms with E-state index < -0.39 is 35.6 Å². The number of alkyl halides is 3. The molecule has 1 aromatic carbocycles. The van der Waals surface area contributed by atoms with Crippen LogP contribution in [0.2, 0.25) is 0 Å². The molecule has 2 saturated heterocycles. The number of nitrogens with zero attached hydrogens (tertiary/aromatic N) is 1. The average molecular weight is 472 g/mol. The van der Waals surface area contributed by atoms with Gasteiger partial charge in [-0.25, -0.2) is 0 Å².